The van der Waals surface area contributed by atoms with E-state index in [0.717, 1.165) is 24.2 Å². The van der Waals surface area contributed by atoms with Gasteiger partial charge in [-0.2, -0.15) is 0 Å². The molecule has 0 radical (unpaired) electrons. The Labute approximate surface area is 149 Å². The third-order valence-electron chi connectivity index (χ3n) is 3.76. The summed E-state index contributed by atoms with van der Waals surface area (Å²) >= 11 is 0. The second-order valence-corrected chi connectivity index (χ2v) is 5.46. The van der Waals surface area contributed by atoms with Crippen molar-refractivity contribution in [1.82, 2.24) is 25.4 Å². The summed E-state index contributed by atoms with van der Waals surface area (Å²) in [7, 11) is 3.70. The van der Waals surface area contributed by atoms with Crippen LogP contribution in [0.15, 0.2) is 4.99 Å². The van der Waals surface area contributed by atoms with Crippen LogP contribution in [-0.2, 0) is 18.3 Å². The molecular weight excluding hydrogens is 395 g/mol. The smallest absolute Gasteiger partial charge is 0.192 e. The number of nitrogens with zero attached hydrogens (tertiary/aromatic N) is 4. The van der Waals surface area contributed by atoms with Crippen LogP contribution in [0.1, 0.15) is 31.4 Å². The largest absolute Gasteiger partial charge is 0.383 e. The highest BCUT2D eigenvalue weighted by Gasteiger charge is 2.31. The molecule has 1 saturated carbocycles. The molecular formula is C14H27IN6O. The Hall–Kier alpha value is -0.900. The van der Waals surface area contributed by atoms with Gasteiger partial charge in [-0.25, -0.2) is 4.99 Å². The molecule has 22 heavy (non-hydrogen) atoms. The summed E-state index contributed by atoms with van der Waals surface area (Å²) in [6.07, 6.45) is 2.53. The number of aliphatic imine (C=N–C) groups is 1. The lowest BCUT2D eigenvalue weighted by Gasteiger charge is -2.20. The molecule has 2 N–H and O–H groups in total. The SMILES string of the molecule is CCNC(=NCc1nnc(C)n1C)NC(COC)C1CC1.I. The van der Waals surface area contributed by atoms with Gasteiger partial charge in [-0.15, -0.1) is 34.2 Å². The number of halogens is 1. The lowest BCUT2D eigenvalue weighted by Crippen LogP contribution is -2.46. The van der Waals surface area contributed by atoms with Gasteiger partial charge in [0.2, 0.25) is 0 Å². The first-order chi connectivity index (χ1) is 10.2. The van der Waals surface area contributed by atoms with Crippen molar-refractivity contribution in [3.8, 4) is 0 Å². The van der Waals surface area contributed by atoms with Crippen LogP contribution < -0.4 is 10.6 Å². The van der Waals surface area contributed by atoms with Gasteiger partial charge in [0.15, 0.2) is 11.8 Å². The Morgan fingerprint density at radius 1 is 1.45 bits per heavy atom. The van der Waals surface area contributed by atoms with Crippen LogP contribution in [0.3, 0.4) is 0 Å². The minimum absolute atomic E-state index is 0. The third kappa shape index (κ3) is 5.38. The number of hydrogen-bond acceptors (Lipinski definition) is 4. The number of rotatable bonds is 7. The molecule has 2 rings (SSSR count). The fourth-order valence-corrected chi connectivity index (χ4v) is 2.21. The Kier molecular flexibility index (Phi) is 8.08. The average molecular weight is 422 g/mol. The van der Waals surface area contributed by atoms with Crippen LogP contribution >= 0.6 is 24.0 Å². The molecule has 1 atom stereocenters. The van der Waals surface area contributed by atoms with Crippen LogP contribution in [-0.4, -0.2) is 47.0 Å². The van der Waals surface area contributed by atoms with E-state index in [0.29, 0.717) is 25.1 Å². The monoisotopic (exact) mass is 422 g/mol. The summed E-state index contributed by atoms with van der Waals surface area (Å²) in [5.41, 5.74) is 0. The molecule has 7 nitrogen and oxygen atoms in total. The van der Waals surface area contributed by atoms with Gasteiger partial charge >= 0.3 is 0 Å². The second kappa shape index (κ2) is 9.29. The summed E-state index contributed by atoms with van der Waals surface area (Å²) < 4.78 is 7.26. The summed E-state index contributed by atoms with van der Waals surface area (Å²) in [5.74, 6) is 3.27. The lowest BCUT2D eigenvalue weighted by atomic mass is 10.2. The highest BCUT2D eigenvalue weighted by atomic mass is 127. The molecule has 0 aliphatic heterocycles. The van der Waals surface area contributed by atoms with E-state index in [1.165, 1.54) is 12.8 Å². The van der Waals surface area contributed by atoms with E-state index in [4.69, 9.17) is 4.74 Å². The maximum absolute atomic E-state index is 5.30. The number of ether oxygens (including phenoxy) is 1. The molecule has 1 aliphatic rings. The zero-order chi connectivity index (χ0) is 15.2. The van der Waals surface area contributed by atoms with Gasteiger partial charge in [0.05, 0.1) is 12.6 Å². The molecule has 1 aromatic rings. The number of methoxy groups -OCH3 is 1. The lowest BCUT2D eigenvalue weighted by molar-refractivity contribution is 0.165. The first kappa shape index (κ1) is 19.1. The van der Waals surface area contributed by atoms with Crippen molar-refractivity contribution < 1.29 is 4.74 Å². The van der Waals surface area contributed by atoms with Gasteiger partial charge in [-0.1, -0.05) is 0 Å². The van der Waals surface area contributed by atoms with Gasteiger partial charge in [-0.3, -0.25) is 0 Å². The molecule has 1 fully saturated rings. The van der Waals surface area contributed by atoms with Crippen molar-refractivity contribution in [2.45, 2.75) is 39.3 Å². The minimum Gasteiger partial charge on any atom is -0.383 e. The maximum Gasteiger partial charge on any atom is 0.192 e. The minimum atomic E-state index is 0. The van der Waals surface area contributed by atoms with Crippen molar-refractivity contribution in [1.29, 1.82) is 0 Å². The first-order valence-corrected chi connectivity index (χ1v) is 7.54. The van der Waals surface area contributed by atoms with Crippen molar-refractivity contribution in [2.75, 3.05) is 20.3 Å². The number of aromatic nitrogens is 3. The molecule has 1 heterocycles. The van der Waals surface area contributed by atoms with E-state index >= 15 is 0 Å². The van der Waals surface area contributed by atoms with Crippen LogP contribution in [0, 0.1) is 12.8 Å². The summed E-state index contributed by atoms with van der Waals surface area (Å²) in [5, 5.41) is 14.9. The number of hydrogen-bond donors (Lipinski definition) is 2. The van der Waals surface area contributed by atoms with Crippen LogP contribution in [0.25, 0.3) is 0 Å². The first-order valence-electron chi connectivity index (χ1n) is 7.54. The van der Waals surface area contributed by atoms with E-state index in [2.05, 4.69) is 32.7 Å². The predicted octanol–water partition coefficient (Wildman–Crippen LogP) is 1.22. The van der Waals surface area contributed by atoms with E-state index < -0.39 is 0 Å². The third-order valence-corrected chi connectivity index (χ3v) is 3.76. The molecule has 1 aliphatic carbocycles. The highest BCUT2D eigenvalue weighted by molar-refractivity contribution is 14.0. The van der Waals surface area contributed by atoms with Crippen molar-refractivity contribution in [3.63, 3.8) is 0 Å². The van der Waals surface area contributed by atoms with E-state index in [1.54, 1.807) is 7.11 Å². The molecule has 1 unspecified atom stereocenters. The molecule has 126 valence electrons. The Bertz CT molecular complexity index is 486. The van der Waals surface area contributed by atoms with Gasteiger partial charge in [0.25, 0.3) is 0 Å². The fourth-order valence-electron chi connectivity index (χ4n) is 2.21. The summed E-state index contributed by atoms with van der Waals surface area (Å²) in [4.78, 5) is 4.61. The summed E-state index contributed by atoms with van der Waals surface area (Å²) in [6, 6.07) is 0.328. The molecule has 1 aromatic heterocycles. The van der Waals surface area contributed by atoms with Gasteiger partial charge in [0, 0.05) is 20.7 Å². The predicted molar refractivity (Wildman–Crippen MR) is 97.5 cm³/mol. The van der Waals surface area contributed by atoms with E-state index in [1.807, 2.05) is 18.5 Å². The molecule has 0 amide bonds. The zero-order valence-corrected chi connectivity index (χ0v) is 16.1. The molecule has 0 aromatic carbocycles. The van der Waals surface area contributed by atoms with Crippen LogP contribution in [0.4, 0.5) is 0 Å². The Balaban J connectivity index is 0.00000242. The standard InChI is InChI=1S/C14H26N6O.HI/c1-5-15-14(17-12(9-21-4)11-6-7-11)16-8-13-19-18-10(2)20(13)3;/h11-12H,5-9H2,1-4H3,(H2,15,16,17);1H. The molecule has 8 heteroatoms. The Morgan fingerprint density at radius 3 is 2.68 bits per heavy atom. The van der Waals surface area contributed by atoms with E-state index in [-0.39, 0.29) is 24.0 Å². The van der Waals surface area contributed by atoms with E-state index in [9.17, 15) is 0 Å². The number of aryl methyl sites for hydroxylation is 1. The normalized spacial score (nSPS) is 16.1. The van der Waals surface area contributed by atoms with Gasteiger partial charge in [0.1, 0.15) is 12.4 Å². The summed E-state index contributed by atoms with van der Waals surface area (Å²) in [6.45, 7) is 6.04. The van der Waals surface area contributed by atoms with Crippen LogP contribution in [0.5, 0.6) is 0 Å². The topological polar surface area (TPSA) is 76.4 Å². The zero-order valence-electron chi connectivity index (χ0n) is 13.8. The quantitative estimate of drug-likeness (QED) is 0.393. The molecule has 0 bridgehead atoms. The Morgan fingerprint density at radius 2 is 2.18 bits per heavy atom. The van der Waals surface area contributed by atoms with Gasteiger partial charge in [-0.05, 0) is 32.6 Å². The maximum atomic E-state index is 5.30. The van der Waals surface area contributed by atoms with Crippen molar-refractivity contribution >= 4 is 29.9 Å². The number of guanidine groups is 1. The molecule has 0 spiro atoms. The fraction of sp³-hybridized carbons (Fsp3) is 0.786. The average Bonchev–Trinajstić information content (AvgIpc) is 3.25. The van der Waals surface area contributed by atoms with Crippen molar-refractivity contribution in [2.24, 2.45) is 18.0 Å². The molecule has 0 saturated heterocycles. The van der Waals surface area contributed by atoms with Crippen LogP contribution in [0.2, 0.25) is 0 Å². The van der Waals surface area contributed by atoms with Gasteiger partial charge < -0.3 is 19.9 Å². The number of nitrogens with one attached hydrogen (secondary N) is 2. The second-order valence-electron chi connectivity index (χ2n) is 5.46. The highest BCUT2D eigenvalue weighted by Crippen LogP contribution is 2.32. The van der Waals surface area contributed by atoms with Crippen molar-refractivity contribution in [3.05, 3.63) is 11.6 Å².